The molecular weight excluding hydrogens is 649 g/mol. The van der Waals surface area contributed by atoms with Gasteiger partial charge in [0.2, 0.25) is 0 Å². The van der Waals surface area contributed by atoms with Crippen molar-refractivity contribution in [3.63, 3.8) is 0 Å². The number of rotatable bonds is 8. The van der Waals surface area contributed by atoms with E-state index >= 15 is 0 Å². The fourth-order valence-electron chi connectivity index (χ4n) is 8.77. The smallest absolute Gasteiger partial charge is 0.0340 e. The van der Waals surface area contributed by atoms with Gasteiger partial charge in [0, 0.05) is 11.3 Å². The van der Waals surface area contributed by atoms with E-state index in [-0.39, 0.29) is 11.3 Å². The van der Waals surface area contributed by atoms with Crippen molar-refractivity contribution in [1.82, 2.24) is 0 Å². The molecule has 0 fully saturated rings. The van der Waals surface area contributed by atoms with Crippen molar-refractivity contribution in [3.8, 4) is 44.5 Å². The first-order valence-electron chi connectivity index (χ1n) is 19.2. The molecule has 1 unspecified atom stereocenters. The summed E-state index contributed by atoms with van der Waals surface area (Å²) in [5.41, 5.74) is 20.9. The minimum atomic E-state index is -0.0650. The predicted octanol–water partition coefficient (Wildman–Crippen LogP) is 14.1. The monoisotopic (exact) mass is 692 g/mol. The average Bonchev–Trinajstić information content (AvgIpc) is 3.45. The molecule has 1 aliphatic rings. The molecule has 1 atom stereocenters. The maximum atomic E-state index is 2.49. The lowest BCUT2D eigenvalue weighted by Crippen LogP contribution is -2.15. The highest BCUT2D eigenvalue weighted by Gasteiger charge is 2.36. The Balaban J connectivity index is 1.11. The van der Waals surface area contributed by atoms with Crippen molar-refractivity contribution in [3.05, 3.63) is 239 Å². The molecule has 0 heterocycles. The van der Waals surface area contributed by atoms with Crippen LogP contribution in [0.15, 0.2) is 194 Å². The van der Waals surface area contributed by atoms with E-state index in [0.29, 0.717) is 0 Å². The molecule has 0 nitrogen and oxygen atoms in total. The van der Waals surface area contributed by atoms with Crippen molar-refractivity contribution in [2.75, 3.05) is 0 Å². The highest BCUT2D eigenvalue weighted by molar-refractivity contribution is 5.81. The van der Waals surface area contributed by atoms with Crippen LogP contribution in [0, 0.1) is 6.92 Å². The van der Waals surface area contributed by atoms with Crippen LogP contribution in [0.2, 0.25) is 0 Å². The van der Waals surface area contributed by atoms with Crippen molar-refractivity contribution >= 4 is 0 Å². The quantitative estimate of drug-likeness (QED) is 0.139. The maximum Gasteiger partial charge on any atom is 0.0340 e. The topological polar surface area (TPSA) is 0 Å². The molecule has 0 bridgehead atoms. The zero-order chi connectivity index (χ0) is 36.6. The van der Waals surface area contributed by atoms with E-state index in [9.17, 15) is 0 Å². The van der Waals surface area contributed by atoms with Crippen LogP contribution in [0.25, 0.3) is 44.5 Å². The summed E-state index contributed by atoms with van der Waals surface area (Å²) in [5.74, 6) is 0.0739. The van der Waals surface area contributed by atoms with Gasteiger partial charge in [-0.15, -0.1) is 0 Å². The van der Waals surface area contributed by atoms with Gasteiger partial charge in [0.05, 0.1) is 0 Å². The molecule has 9 rings (SSSR count). The second kappa shape index (κ2) is 14.0. The third kappa shape index (κ3) is 6.18. The lowest BCUT2D eigenvalue weighted by molar-refractivity contribution is 0.659. The van der Waals surface area contributed by atoms with Crippen LogP contribution < -0.4 is 0 Å². The maximum absolute atomic E-state index is 2.49. The molecule has 54 heavy (non-hydrogen) atoms. The molecule has 0 spiro atoms. The Kier molecular flexibility index (Phi) is 8.68. The van der Waals surface area contributed by atoms with E-state index < -0.39 is 0 Å². The molecule has 0 N–H and O–H groups in total. The number of hydrogen-bond acceptors (Lipinski definition) is 0. The van der Waals surface area contributed by atoms with Gasteiger partial charge in [-0.1, -0.05) is 208 Å². The third-order valence-electron chi connectivity index (χ3n) is 11.6. The fourth-order valence-corrected chi connectivity index (χ4v) is 8.77. The van der Waals surface area contributed by atoms with E-state index in [1.165, 1.54) is 89.0 Å². The Hall–Kier alpha value is -6.24. The predicted molar refractivity (Wildman–Crippen MR) is 228 cm³/mol. The van der Waals surface area contributed by atoms with Crippen LogP contribution in [0.4, 0.5) is 0 Å². The summed E-state index contributed by atoms with van der Waals surface area (Å²) in [5, 5.41) is 0. The number of fused-ring (bicyclic) bond motifs is 3. The fraction of sp³-hybridized carbons (Fsp3) is 0.111. The van der Waals surface area contributed by atoms with Gasteiger partial charge in [-0.05, 0) is 102 Å². The van der Waals surface area contributed by atoms with Crippen molar-refractivity contribution in [2.24, 2.45) is 0 Å². The summed E-state index contributed by atoms with van der Waals surface area (Å²) in [4.78, 5) is 0. The van der Waals surface area contributed by atoms with E-state index in [2.05, 4.69) is 215 Å². The Morgan fingerprint density at radius 2 is 0.944 bits per heavy atom. The Labute approximate surface area is 320 Å². The van der Waals surface area contributed by atoms with Gasteiger partial charge >= 0.3 is 0 Å². The average molecular weight is 693 g/mol. The van der Waals surface area contributed by atoms with E-state index in [0.717, 1.165) is 6.42 Å². The minimum Gasteiger partial charge on any atom is -0.0622 e. The lowest BCUT2D eigenvalue weighted by Gasteiger charge is -2.25. The molecule has 0 aromatic heterocycles. The van der Waals surface area contributed by atoms with Gasteiger partial charge in [-0.2, -0.15) is 0 Å². The summed E-state index contributed by atoms with van der Waals surface area (Å²) < 4.78 is 0. The molecule has 1 aliphatic carbocycles. The van der Waals surface area contributed by atoms with Gasteiger partial charge in [-0.3, -0.25) is 0 Å². The zero-order valence-corrected chi connectivity index (χ0v) is 31.3. The van der Waals surface area contributed by atoms with Crippen molar-refractivity contribution < 1.29 is 0 Å². The summed E-state index contributed by atoms with van der Waals surface area (Å²) >= 11 is 0. The molecular formula is C54H44. The summed E-state index contributed by atoms with van der Waals surface area (Å²) in [7, 11) is 0. The normalized spacial score (nSPS) is 13.2. The van der Waals surface area contributed by atoms with Crippen LogP contribution in [0.5, 0.6) is 0 Å². The molecule has 0 saturated heterocycles. The van der Waals surface area contributed by atoms with Gasteiger partial charge in [0.15, 0.2) is 0 Å². The highest BCUT2D eigenvalue weighted by Crippen LogP contribution is 2.50. The van der Waals surface area contributed by atoms with Crippen molar-refractivity contribution in [1.29, 1.82) is 0 Å². The molecule has 8 aromatic carbocycles. The molecule has 0 heteroatoms. The second-order valence-corrected chi connectivity index (χ2v) is 15.4. The molecule has 260 valence electrons. The number of hydrogen-bond donors (Lipinski definition) is 0. The first-order chi connectivity index (χ1) is 26.4. The molecule has 0 saturated carbocycles. The van der Waals surface area contributed by atoms with Gasteiger partial charge in [0.1, 0.15) is 0 Å². The lowest BCUT2D eigenvalue weighted by atomic mass is 9.78. The molecule has 8 aromatic rings. The molecule has 0 radical (unpaired) electrons. The Morgan fingerprint density at radius 1 is 0.389 bits per heavy atom. The molecule has 0 amide bonds. The zero-order valence-electron chi connectivity index (χ0n) is 31.3. The van der Waals surface area contributed by atoms with E-state index in [1.54, 1.807) is 0 Å². The van der Waals surface area contributed by atoms with Crippen LogP contribution in [0.3, 0.4) is 0 Å². The SMILES string of the molecule is Cc1cc(-c2cccc(C(c3ccc(-c4ccccc4)cc3)c3ccc4c(c3)C(C)(C)c3ccccc3-4)c2)ccc1-c1ccccc1Cc1ccccc1. The third-order valence-corrected chi connectivity index (χ3v) is 11.6. The first-order valence-corrected chi connectivity index (χ1v) is 19.2. The van der Waals surface area contributed by atoms with E-state index in [4.69, 9.17) is 0 Å². The van der Waals surface area contributed by atoms with Crippen LogP contribution in [-0.2, 0) is 11.8 Å². The number of benzene rings is 8. The summed E-state index contributed by atoms with van der Waals surface area (Å²) in [6.45, 7) is 7.00. The number of aryl methyl sites for hydroxylation is 1. The Morgan fingerprint density at radius 3 is 1.72 bits per heavy atom. The second-order valence-electron chi connectivity index (χ2n) is 15.4. The standard InChI is InChI=1S/C54H44/c1-37-33-43(29-31-47(37)48-22-11-10-19-44(48)34-38-15-6-4-7-16-38)42-20-14-21-45(35-42)53(41-27-25-40(26-28-41)39-17-8-5-9-18-39)46-30-32-50-49-23-12-13-24-51(49)54(2,3)52(50)36-46/h4-33,35-36,53H,34H2,1-3H3. The Bertz CT molecular complexity index is 2590. The van der Waals surface area contributed by atoms with Gasteiger partial charge in [0.25, 0.3) is 0 Å². The first kappa shape index (κ1) is 33.6. The van der Waals surface area contributed by atoms with E-state index in [1.807, 2.05) is 0 Å². The largest absolute Gasteiger partial charge is 0.0622 e. The highest BCUT2D eigenvalue weighted by atomic mass is 14.4. The summed E-state index contributed by atoms with van der Waals surface area (Å²) in [6.07, 6.45) is 0.917. The van der Waals surface area contributed by atoms with Crippen LogP contribution in [0.1, 0.15) is 64.3 Å². The summed E-state index contributed by atoms with van der Waals surface area (Å²) in [6, 6.07) is 71.9. The van der Waals surface area contributed by atoms with Gasteiger partial charge < -0.3 is 0 Å². The minimum absolute atomic E-state index is 0.0650. The van der Waals surface area contributed by atoms with Crippen LogP contribution >= 0.6 is 0 Å². The van der Waals surface area contributed by atoms with Gasteiger partial charge in [-0.25, -0.2) is 0 Å². The molecule has 0 aliphatic heterocycles. The van der Waals surface area contributed by atoms with Crippen LogP contribution in [-0.4, -0.2) is 0 Å². The van der Waals surface area contributed by atoms with Crippen molar-refractivity contribution in [2.45, 2.75) is 38.5 Å².